The third-order valence-electron chi connectivity index (χ3n) is 6.38. The lowest BCUT2D eigenvalue weighted by Gasteiger charge is -2.38. The summed E-state index contributed by atoms with van der Waals surface area (Å²) in [6.45, 7) is 10.5. The Morgan fingerprint density at radius 2 is 1.71 bits per heavy atom. The Kier molecular flexibility index (Phi) is 7.92. The minimum atomic E-state index is -0.596. The molecule has 8 nitrogen and oxygen atoms in total. The van der Waals surface area contributed by atoms with Crippen LogP contribution < -0.4 is 20.3 Å². The number of carbonyl (C=O) groups is 2. The van der Waals surface area contributed by atoms with Crippen LogP contribution in [0.3, 0.4) is 0 Å². The van der Waals surface area contributed by atoms with Crippen molar-refractivity contribution >= 4 is 17.7 Å². The number of ether oxygens (including phenoxy) is 2. The molecule has 8 heteroatoms. The predicted molar refractivity (Wildman–Crippen MR) is 136 cm³/mol. The van der Waals surface area contributed by atoms with Gasteiger partial charge in [0, 0.05) is 44.1 Å². The monoisotopic (exact) mass is 478 g/mol. The van der Waals surface area contributed by atoms with E-state index in [1.54, 1.807) is 6.92 Å². The van der Waals surface area contributed by atoms with Crippen molar-refractivity contribution in [2.75, 3.05) is 50.8 Å². The first-order valence-corrected chi connectivity index (χ1v) is 12.2. The number of anilines is 1. The molecule has 0 unspecified atom stereocenters. The van der Waals surface area contributed by atoms with Crippen LogP contribution in [0.25, 0.3) is 0 Å². The maximum atomic E-state index is 13.1. The summed E-state index contributed by atoms with van der Waals surface area (Å²) < 4.78 is 10.9. The number of aryl methyl sites for hydroxylation is 1. The lowest BCUT2D eigenvalue weighted by atomic mass is 9.94. The molecule has 2 aliphatic rings. The van der Waals surface area contributed by atoms with Gasteiger partial charge in [-0.25, -0.2) is 9.59 Å². The molecule has 1 fully saturated rings. The number of para-hydroxylation sites is 1. The standard InChI is InChI=1S/C27H34N4O4/c1-4-34-21-12-10-20(11-13-21)25-24(26(32)35-5-2)22(28-27(33)29-25)18-30-14-16-31(17-15-30)23-9-7-6-8-19(23)3/h6-13,25H,4-5,14-18H2,1-3H3,(H2,28,29,33)/t25-/m1/s1. The second-order valence-corrected chi connectivity index (χ2v) is 8.70. The van der Waals surface area contributed by atoms with Crippen LogP contribution in [0, 0.1) is 6.92 Å². The average molecular weight is 479 g/mol. The van der Waals surface area contributed by atoms with Crippen LogP contribution in [0.4, 0.5) is 10.5 Å². The van der Waals surface area contributed by atoms with Gasteiger partial charge < -0.3 is 25.0 Å². The van der Waals surface area contributed by atoms with Gasteiger partial charge in [-0.2, -0.15) is 0 Å². The zero-order valence-corrected chi connectivity index (χ0v) is 20.7. The van der Waals surface area contributed by atoms with Crippen molar-refractivity contribution in [1.29, 1.82) is 0 Å². The zero-order valence-electron chi connectivity index (χ0n) is 20.7. The molecular weight excluding hydrogens is 444 g/mol. The molecule has 2 aromatic carbocycles. The maximum absolute atomic E-state index is 13.1. The van der Waals surface area contributed by atoms with E-state index in [2.05, 4.69) is 51.6 Å². The fraction of sp³-hybridized carbons (Fsp3) is 0.407. The lowest BCUT2D eigenvalue weighted by molar-refractivity contribution is -0.139. The van der Waals surface area contributed by atoms with E-state index < -0.39 is 12.0 Å². The minimum Gasteiger partial charge on any atom is -0.494 e. The van der Waals surface area contributed by atoms with Crippen LogP contribution in [0.1, 0.15) is 31.0 Å². The normalized spacial score (nSPS) is 18.7. The smallest absolute Gasteiger partial charge is 0.338 e. The number of urea groups is 1. The average Bonchev–Trinajstić information content (AvgIpc) is 2.85. The van der Waals surface area contributed by atoms with Gasteiger partial charge in [0.15, 0.2) is 0 Å². The summed E-state index contributed by atoms with van der Waals surface area (Å²) in [6.07, 6.45) is 0. The number of piperazine rings is 1. The van der Waals surface area contributed by atoms with Gasteiger partial charge in [-0.15, -0.1) is 0 Å². The molecule has 1 atom stereocenters. The molecule has 1 saturated heterocycles. The summed E-state index contributed by atoms with van der Waals surface area (Å²) >= 11 is 0. The number of benzene rings is 2. The number of esters is 1. The van der Waals surface area contributed by atoms with Crippen molar-refractivity contribution in [2.45, 2.75) is 26.8 Å². The van der Waals surface area contributed by atoms with Crippen LogP contribution in [0.5, 0.6) is 5.75 Å². The van der Waals surface area contributed by atoms with Gasteiger partial charge in [0.05, 0.1) is 24.8 Å². The van der Waals surface area contributed by atoms with Crippen molar-refractivity contribution in [2.24, 2.45) is 0 Å². The quantitative estimate of drug-likeness (QED) is 0.566. The molecule has 0 saturated carbocycles. The highest BCUT2D eigenvalue weighted by Gasteiger charge is 2.34. The first-order valence-electron chi connectivity index (χ1n) is 12.2. The van der Waals surface area contributed by atoms with E-state index in [9.17, 15) is 9.59 Å². The Morgan fingerprint density at radius 3 is 2.37 bits per heavy atom. The first kappa shape index (κ1) is 24.6. The van der Waals surface area contributed by atoms with E-state index in [1.807, 2.05) is 31.2 Å². The number of carbonyl (C=O) groups excluding carboxylic acids is 2. The number of amides is 2. The summed E-state index contributed by atoms with van der Waals surface area (Å²) in [6, 6.07) is 14.9. The topological polar surface area (TPSA) is 83.1 Å². The Labute approximate surface area is 206 Å². The fourth-order valence-electron chi connectivity index (χ4n) is 4.65. The van der Waals surface area contributed by atoms with Crippen molar-refractivity contribution in [1.82, 2.24) is 15.5 Å². The lowest BCUT2D eigenvalue weighted by Crippen LogP contribution is -2.52. The predicted octanol–water partition coefficient (Wildman–Crippen LogP) is 3.39. The van der Waals surface area contributed by atoms with Gasteiger partial charge in [-0.05, 0) is 50.1 Å². The summed E-state index contributed by atoms with van der Waals surface area (Å²) in [7, 11) is 0. The summed E-state index contributed by atoms with van der Waals surface area (Å²) in [5, 5.41) is 5.78. The van der Waals surface area contributed by atoms with Crippen LogP contribution in [0.15, 0.2) is 59.8 Å². The number of nitrogens with one attached hydrogen (secondary N) is 2. The Morgan fingerprint density at radius 1 is 1.00 bits per heavy atom. The molecule has 4 rings (SSSR count). The molecule has 2 N–H and O–H groups in total. The largest absolute Gasteiger partial charge is 0.494 e. The molecule has 0 aliphatic carbocycles. The molecule has 35 heavy (non-hydrogen) atoms. The van der Waals surface area contributed by atoms with Gasteiger partial charge >= 0.3 is 12.0 Å². The highest BCUT2D eigenvalue weighted by atomic mass is 16.5. The Hall–Kier alpha value is -3.52. The van der Waals surface area contributed by atoms with Gasteiger partial charge in [-0.3, -0.25) is 4.90 Å². The molecule has 2 amide bonds. The first-order chi connectivity index (χ1) is 17.0. The van der Waals surface area contributed by atoms with Crippen molar-refractivity contribution in [3.05, 3.63) is 70.9 Å². The second kappa shape index (κ2) is 11.3. The van der Waals surface area contributed by atoms with Crippen LogP contribution >= 0.6 is 0 Å². The summed E-state index contributed by atoms with van der Waals surface area (Å²) in [5.74, 6) is 0.317. The molecule has 2 aromatic rings. The van der Waals surface area contributed by atoms with Crippen LogP contribution in [-0.4, -0.2) is 62.8 Å². The van der Waals surface area contributed by atoms with Gasteiger partial charge in [-0.1, -0.05) is 30.3 Å². The fourth-order valence-corrected chi connectivity index (χ4v) is 4.65. The molecule has 0 spiro atoms. The van der Waals surface area contributed by atoms with Crippen LogP contribution in [0.2, 0.25) is 0 Å². The number of hydrogen-bond acceptors (Lipinski definition) is 6. The summed E-state index contributed by atoms with van der Waals surface area (Å²) in [4.78, 5) is 30.3. The zero-order chi connectivity index (χ0) is 24.8. The molecule has 0 radical (unpaired) electrons. The third-order valence-corrected chi connectivity index (χ3v) is 6.38. The molecule has 0 aromatic heterocycles. The number of hydrogen-bond donors (Lipinski definition) is 2. The van der Waals surface area contributed by atoms with Gasteiger partial charge in [0.2, 0.25) is 0 Å². The number of nitrogens with zero attached hydrogens (tertiary/aromatic N) is 2. The maximum Gasteiger partial charge on any atom is 0.338 e. The van der Waals surface area contributed by atoms with Crippen molar-refractivity contribution < 1.29 is 19.1 Å². The van der Waals surface area contributed by atoms with Crippen LogP contribution in [-0.2, 0) is 9.53 Å². The highest BCUT2D eigenvalue weighted by Crippen LogP contribution is 2.30. The molecule has 2 aliphatic heterocycles. The summed E-state index contributed by atoms with van der Waals surface area (Å²) in [5.41, 5.74) is 4.35. The van der Waals surface area contributed by atoms with E-state index in [-0.39, 0.29) is 12.6 Å². The highest BCUT2D eigenvalue weighted by molar-refractivity contribution is 5.95. The van der Waals surface area contributed by atoms with Crippen molar-refractivity contribution in [3.63, 3.8) is 0 Å². The molecule has 186 valence electrons. The molecular formula is C27H34N4O4. The number of rotatable bonds is 8. The Balaban J connectivity index is 1.55. The minimum absolute atomic E-state index is 0.259. The SMILES string of the molecule is CCOC(=O)C1=C(CN2CCN(c3ccccc3C)CC2)NC(=O)N[C@@H]1c1ccc(OCC)cc1. The Bertz CT molecular complexity index is 1070. The van der Waals surface area contributed by atoms with E-state index in [1.165, 1.54) is 11.3 Å². The van der Waals surface area contributed by atoms with E-state index in [0.717, 1.165) is 37.5 Å². The van der Waals surface area contributed by atoms with E-state index in [4.69, 9.17) is 9.47 Å². The molecule has 2 heterocycles. The van der Waals surface area contributed by atoms with Crippen molar-refractivity contribution in [3.8, 4) is 5.75 Å². The van der Waals surface area contributed by atoms with Gasteiger partial charge in [0.1, 0.15) is 5.75 Å². The molecule has 0 bridgehead atoms. The van der Waals surface area contributed by atoms with E-state index in [0.29, 0.717) is 24.4 Å². The van der Waals surface area contributed by atoms with Gasteiger partial charge in [0.25, 0.3) is 0 Å². The van der Waals surface area contributed by atoms with E-state index >= 15 is 0 Å². The second-order valence-electron chi connectivity index (χ2n) is 8.70. The third kappa shape index (κ3) is 5.77.